The Morgan fingerprint density at radius 3 is 2.84 bits per heavy atom. The summed E-state index contributed by atoms with van der Waals surface area (Å²) in [4.78, 5) is 27.1. The molecule has 0 bridgehead atoms. The first kappa shape index (κ1) is 21.6. The van der Waals surface area contributed by atoms with E-state index in [9.17, 15) is 9.18 Å². The number of carbonyl (C=O) groups excluding carboxylic acids is 1. The van der Waals surface area contributed by atoms with Crippen molar-refractivity contribution in [3.8, 4) is 16.9 Å². The number of anilines is 1. The minimum atomic E-state index is -0.375. The van der Waals surface area contributed by atoms with Crippen molar-refractivity contribution in [2.24, 2.45) is 0 Å². The van der Waals surface area contributed by atoms with Crippen molar-refractivity contribution in [2.75, 3.05) is 32.0 Å². The molecule has 166 valence electrons. The van der Waals surface area contributed by atoms with Gasteiger partial charge in [-0.1, -0.05) is 6.07 Å². The number of nitrogens with two attached hydrogens (primary N) is 1. The van der Waals surface area contributed by atoms with Crippen molar-refractivity contribution in [3.05, 3.63) is 66.0 Å². The van der Waals surface area contributed by atoms with Crippen molar-refractivity contribution in [1.82, 2.24) is 19.9 Å². The summed E-state index contributed by atoms with van der Waals surface area (Å²) in [7, 11) is 0. The average Bonchev–Trinajstić information content (AvgIpc) is 2.79. The van der Waals surface area contributed by atoms with Crippen LogP contribution in [-0.2, 0) is 9.53 Å². The number of pyridine rings is 1. The summed E-state index contributed by atoms with van der Waals surface area (Å²) in [5, 5.41) is 0. The van der Waals surface area contributed by atoms with E-state index in [2.05, 4.69) is 15.0 Å². The largest absolute Gasteiger partial charge is 0.493 e. The van der Waals surface area contributed by atoms with Gasteiger partial charge in [0.25, 0.3) is 0 Å². The van der Waals surface area contributed by atoms with Crippen LogP contribution in [0.3, 0.4) is 0 Å². The number of amides is 1. The molecular formula is C23H24FN5O3. The predicted molar refractivity (Wildman–Crippen MR) is 116 cm³/mol. The van der Waals surface area contributed by atoms with Gasteiger partial charge in [0.15, 0.2) is 0 Å². The maximum atomic E-state index is 13.2. The molecule has 1 aliphatic rings. The molecule has 1 amide bonds. The molecule has 0 unspecified atom stereocenters. The number of morpholine rings is 1. The molecular weight excluding hydrogens is 413 g/mol. The van der Waals surface area contributed by atoms with Gasteiger partial charge in [0.05, 0.1) is 31.9 Å². The maximum Gasteiger partial charge on any atom is 0.226 e. The molecule has 1 saturated heterocycles. The number of benzene rings is 1. The van der Waals surface area contributed by atoms with E-state index in [1.807, 2.05) is 19.1 Å². The molecule has 0 spiro atoms. The number of halogens is 1. The van der Waals surface area contributed by atoms with Crippen LogP contribution < -0.4 is 10.5 Å². The number of carbonyl (C=O) groups is 1. The molecule has 0 radical (unpaired) electrons. The summed E-state index contributed by atoms with van der Waals surface area (Å²) in [6, 6.07) is 9.73. The summed E-state index contributed by atoms with van der Waals surface area (Å²) in [5.74, 6) is 0.196. The SMILES string of the molecule is Cc1cc(-c2cnc(N)nc2)cc([C@@H]2CN(C(=O)CCOc3cccc(F)c3)CCO2)n1. The van der Waals surface area contributed by atoms with Gasteiger partial charge in [-0.3, -0.25) is 9.78 Å². The molecule has 1 fully saturated rings. The third-order valence-electron chi connectivity index (χ3n) is 5.11. The summed E-state index contributed by atoms with van der Waals surface area (Å²) in [5.41, 5.74) is 8.88. The standard InChI is InChI=1S/C23H24FN5O3/c1-15-9-16(17-12-26-23(25)27-13-17)10-20(28-15)21-14-29(6-8-32-21)22(30)5-7-31-19-4-2-3-18(24)11-19/h2-4,9-13,21H,5-8,14H2,1H3,(H2,25,26,27)/t21-/m0/s1. The van der Waals surface area contributed by atoms with Crippen molar-refractivity contribution in [1.29, 1.82) is 0 Å². The minimum Gasteiger partial charge on any atom is -0.493 e. The van der Waals surface area contributed by atoms with E-state index in [0.717, 1.165) is 22.5 Å². The Balaban J connectivity index is 1.40. The highest BCUT2D eigenvalue weighted by Crippen LogP contribution is 2.27. The Bertz CT molecular complexity index is 1090. The summed E-state index contributed by atoms with van der Waals surface area (Å²) < 4.78 is 24.7. The van der Waals surface area contributed by atoms with E-state index in [-0.39, 0.29) is 36.8 Å². The van der Waals surface area contributed by atoms with Crippen molar-refractivity contribution in [2.45, 2.75) is 19.4 Å². The lowest BCUT2D eigenvalue weighted by atomic mass is 10.1. The van der Waals surface area contributed by atoms with Crippen molar-refractivity contribution >= 4 is 11.9 Å². The molecule has 9 heteroatoms. The zero-order chi connectivity index (χ0) is 22.5. The van der Waals surface area contributed by atoms with Crippen LogP contribution in [0.4, 0.5) is 10.3 Å². The van der Waals surface area contributed by atoms with Crippen molar-refractivity contribution in [3.63, 3.8) is 0 Å². The Kier molecular flexibility index (Phi) is 6.55. The molecule has 1 aliphatic heterocycles. The maximum absolute atomic E-state index is 13.2. The summed E-state index contributed by atoms with van der Waals surface area (Å²) >= 11 is 0. The predicted octanol–water partition coefficient (Wildman–Crippen LogP) is 2.94. The zero-order valence-electron chi connectivity index (χ0n) is 17.7. The summed E-state index contributed by atoms with van der Waals surface area (Å²) in [6.45, 7) is 3.39. The minimum absolute atomic E-state index is 0.0467. The quantitative estimate of drug-likeness (QED) is 0.632. The van der Waals surface area contributed by atoms with E-state index in [0.29, 0.717) is 25.4 Å². The van der Waals surface area contributed by atoms with Crippen LogP contribution in [0.1, 0.15) is 23.9 Å². The number of nitrogens with zero attached hydrogens (tertiary/aromatic N) is 4. The van der Waals surface area contributed by atoms with Crippen LogP contribution in [0, 0.1) is 12.7 Å². The lowest BCUT2D eigenvalue weighted by Gasteiger charge is -2.33. The van der Waals surface area contributed by atoms with E-state index < -0.39 is 0 Å². The normalized spacial score (nSPS) is 16.1. The second kappa shape index (κ2) is 9.69. The van der Waals surface area contributed by atoms with Crippen molar-refractivity contribution < 1.29 is 18.7 Å². The molecule has 1 atom stereocenters. The molecule has 0 aliphatic carbocycles. The van der Waals surface area contributed by atoms with Crippen LogP contribution in [0.15, 0.2) is 48.8 Å². The van der Waals surface area contributed by atoms with Crippen LogP contribution in [-0.4, -0.2) is 52.1 Å². The number of nitrogen functional groups attached to an aromatic ring is 1. The topological polar surface area (TPSA) is 103 Å². The lowest BCUT2D eigenvalue weighted by molar-refractivity contribution is -0.139. The van der Waals surface area contributed by atoms with E-state index in [4.69, 9.17) is 15.2 Å². The molecule has 4 rings (SSSR count). The number of ether oxygens (including phenoxy) is 2. The molecule has 3 heterocycles. The highest BCUT2D eigenvalue weighted by atomic mass is 19.1. The average molecular weight is 437 g/mol. The van der Waals surface area contributed by atoms with E-state index in [1.165, 1.54) is 12.1 Å². The molecule has 2 N–H and O–H groups in total. The monoisotopic (exact) mass is 437 g/mol. The fraction of sp³-hybridized carbons (Fsp3) is 0.304. The van der Waals surface area contributed by atoms with Crippen LogP contribution in [0.5, 0.6) is 5.75 Å². The first-order chi connectivity index (χ1) is 15.5. The molecule has 32 heavy (non-hydrogen) atoms. The second-order valence-corrected chi connectivity index (χ2v) is 7.51. The molecule has 8 nitrogen and oxygen atoms in total. The van der Waals surface area contributed by atoms with Gasteiger partial charge in [-0.05, 0) is 36.8 Å². The fourth-order valence-corrected chi connectivity index (χ4v) is 3.54. The van der Waals surface area contributed by atoms with Crippen LogP contribution in [0.25, 0.3) is 11.1 Å². The van der Waals surface area contributed by atoms with E-state index in [1.54, 1.807) is 29.4 Å². The van der Waals surface area contributed by atoms with Gasteiger partial charge in [0.1, 0.15) is 17.7 Å². The third-order valence-corrected chi connectivity index (χ3v) is 5.11. The number of hydrogen-bond donors (Lipinski definition) is 1. The third kappa shape index (κ3) is 5.36. The Labute approximate surface area is 185 Å². The van der Waals surface area contributed by atoms with Gasteiger partial charge in [-0.2, -0.15) is 0 Å². The first-order valence-corrected chi connectivity index (χ1v) is 10.3. The Hall–Kier alpha value is -3.59. The highest BCUT2D eigenvalue weighted by Gasteiger charge is 2.26. The zero-order valence-corrected chi connectivity index (χ0v) is 17.7. The fourth-order valence-electron chi connectivity index (χ4n) is 3.54. The Morgan fingerprint density at radius 1 is 1.25 bits per heavy atom. The van der Waals surface area contributed by atoms with Gasteiger partial charge in [-0.25, -0.2) is 14.4 Å². The number of aromatic nitrogens is 3. The first-order valence-electron chi connectivity index (χ1n) is 10.3. The molecule has 3 aromatic rings. The Morgan fingerprint density at radius 2 is 2.06 bits per heavy atom. The number of aryl methyl sites for hydroxylation is 1. The second-order valence-electron chi connectivity index (χ2n) is 7.51. The van der Waals surface area contributed by atoms with Gasteiger partial charge < -0.3 is 20.1 Å². The molecule has 2 aromatic heterocycles. The van der Waals surface area contributed by atoms with Gasteiger partial charge in [-0.15, -0.1) is 0 Å². The number of rotatable bonds is 6. The van der Waals surface area contributed by atoms with Gasteiger partial charge >= 0.3 is 0 Å². The lowest BCUT2D eigenvalue weighted by Crippen LogP contribution is -2.42. The van der Waals surface area contributed by atoms with Gasteiger partial charge in [0.2, 0.25) is 11.9 Å². The van der Waals surface area contributed by atoms with Crippen LogP contribution >= 0.6 is 0 Å². The molecule has 0 saturated carbocycles. The van der Waals surface area contributed by atoms with E-state index >= 15 is 0 Å². The highest BCUT2D eigenvalue weighted by molar-refractivity contribution is 5.76. The smallest absolute Gasteiger partial charge is 0.226 e. The van der Waals surface area contributed by atoms with Crippen LogP contribution in [0.2, 0.25) is 0 Å². The van der Waals surface area contributed by atoms with Gasteiger partial charge in [0, 0.05) is 36.3 Å². The molecule has 1 aromatic carbocycles. The number of hydrogen-bond acceptors (Lipinski definition) is 7. The summed E-state index contributed by atoms with van der Waals surface area (Å²) in [6.07, 6.45) is 3.18.